The van der Waals surface area contributed by atoms with Gasteiger partial charge in [0.1, 0.15) is 0 Å². The van der Waals surface area contributed by atoms with Crippen molar-refractivity contribution in [1.82, 2.24) is 0 Å². The molecule has 0 amide bonds. The van der Waals surface area contributed by atoms with Gasteiger partial charge in [0.25, 0.3) is 0 Å². The molecule has 4 nitrogen and oxygen atoms in total. The van der Waals surface area contributed by atoms with Crippen molar-refractivity contribution in [3.63, 3.8) is 0 Å². The first-order chi connectivity index (χ1) is 9.30. The number of halogens is 3. The molecule has 0 spiro atoms. The van der Waals surface area contributed by atoms with Crippen molar-refractivity contribution in [3.05, 3.63) is 35.9 Å². The van der Waals surface area contributed by atoms with Crippen LogP contribution >= 0.6 is 0 Å². The number of carbonyl (C=O) groups excluding carboxylic acids is 1. The Morgan fingerprint density at radius 1 is 1.25 bits per heavy atom. The van der Waals surface area contributed by atoms with E-state index in [-0.39, 0.29) is 6.42 Å². The van der Waals surface area contributed by atoms with E-state index in [1.165, 1.54) is 0 Å². The number of hydrogen-bond donors (Lipinski definition) is 1. The highest BCUT2D eigenvalue weighted by Crippen LogP contribution is 2.17. The standard InChI is InChI=1S/C13H12F3NO3/c14-13(15,16)11(18)6-7-17-10(12(19)20)8-9-4-2-1-3-5-9/h1-5,7,10H,6,8H2,(H,19,20)/t10-/m1/s1. The Kier molecular flexibility index (Phi) is 5.42. The summed E-state index contributed by atoms with van der Waals surface area (Å²) in [6.45, 7) is 0. The van der Waals surface area contributed by atoms with Crippen LogP contribution in [0.5, 0.6) is 0 Å². The Labute approximate surface area is 112 Å². The number of Topliss-reactive ketones (excluding diaryl/α,β-unsaturated/α-hetero) is 1. The number of alkyl halides is 3. The van der Waals surface area contributed by atoms with Gasteiger partial charge in [0.2, 0.25) is 5.78 Å². The van der Waals surface area contributed by atoms with Gasteiger partial charge in [-0.05, 0) is 5.56 Å². The molecule has 0 heterocycles. The lowest BCUT2D eigenvalue weighted by Gasteiger charge is -2.07. The maximum Gasteiger partial charge on any atom is 0.450 e. The van der Waals surface area contributed by atoms with E-state index in [1.54, 1.807) is 30.3 Å². The van der Waals surface area contributed by atoms with Gasteiger partial charge >= 0.3 is 12.1 Å². The smallest absolute Gasteiger partial charge is 0.450 e. The number of hydrogen-bond acceptors (Lipinski definition) is 3. The Morgan fingerprint density at radius 3 is 2.35 bits per heavy atom. The fraction of sp³-hybridized carbons (Fsp3) is 0.308. The monoisotopic (exact) mass is 287 g/mol. The Bertz CT molecular complexity index is 497. The zero-order valence-electron chi connectivity index (χ0n) is 10.3. The Balaban J connectivity index is 2.65. The van der Waals surface area contributed by atoms with Crippen LogP contribution in [0.1, 0.15) is 12.0 Å². The van der Waals surface area contributed by atoms with Crippen LogP contribution in [0.2, 0.25) is 0 Å². The molecule has 1 aromatic rings. The lowest BCUT2D eigenvalue weighted by Crippen LogP contribution is -2.24. The molecular weight excluding hydrogens is 275 g/mol. The van der Waals surface area contributed by atoms with Crippen LogP contribution in [-0.4, -0.2) is 35.3 Å². The number of carboxylic acid groups (broad SMARTS) is 1. The quantitative estimate of drug-likeness (QED) is 0.816. The molecule has 0 radical (unpaired) electrons. The molecule has 0 fully saturated rings. The van der Waals surface area contributed by atoms with Crippen LogP contribution in [0.3, 0.4) is 0 Å². The number of benzene rings is 1. The van der Waals surface area contributed by atoms with E-state index in [1.807, 2.05) is 0 Å². The number of carbonyl (C=O) groups is 2. The van der Waals surface area contributed by atoms with Crippen LogP contribution in [0.15, 0.2) is 35.3 Å². The van der Waals surface area contributed by atoms with Crippen LogP contribution < -0.4 is 0 Å². The predicted molar refractivity (Wildman–Crippen MR) is 65.7 cm³/mol. The second-order valence-electron chi connectivity index (χ2n) is 4.00. The zero-order valence-corrected chi connectivity index (χ0v) is 10.3. The topological polar surface area (TPSA) is 66.7 Å². The largest absolute Gasteiger partial charge is 0.480 e. The summed E-state index contributed by atoms with van der Waals surface area (Å²) in [4.78, 5) is 25.1. The number of ketones is 1. The van der Waals surface area contributed by atoms with Crippen LogP contribution in [0.25, 0.3) is 0 Å². The van der Waals surface area contributed by atoms with Gasteiger partial charge in [-0.3, -0.25) is 9.79 Å². The van der Waals surface area contributed by atoms with Gasteiger partial charge in [-0.2, -0.15) is 13.2 Å². The predicted octanol–water partition coefficient (Wildman–Crippen LogP) is 2.27. The zero-order chi connectivity index (χ0) is 15.2. The molecule has 108 valence electrons. The lowest BCUT2D eigenvalue weighted by molar-refractivity contribution is -0.169. The molecule has 1 aromatic carbocycles. The first-order valence-electron chi connectivity index (χ1n) is 5.69. The van der Waals surface area contributed by atoms with Gasteiger partial charge in [0.05, 0.1) is 6.42 Å². The average Bonchev–Trinajstić information content (AvgIpc) is 2.37. The van der Waals surface area contributed by atoms with Crippen LogP contribution in [-0.2, 0) is 16.0 Å². The normalized spacial score (nSPS) is 13.3. The van der Waals surface area contributed by atoms with Crippen molar-refractivity contribution < 1.29 is 27.9 Å². The molecule has 0 aromatic heterocycles. The van der Waals surface area contributed by atoms with Gasteiger partial charge in [-0.15, -0.1) is 0 Å². The van der Waals surface area contributed by atoms with Gasteiger partial charge in [-0.25, -0.2) is 4.79 Å². The van der Waals surface area contributed by atoms with E-state index in [0.29, 0.717) is 11.8 Å². The molecule has 0 bridgehead atoms. The molecule has 0 aliphatic carbocycles. The highest BCUT2D eigenvalue weighted by molar-refractivity contribution is 5.95. The Morgan fingerprint density at radius 2 is 1.85 bits per heavy atom. The van der Waals surface area contributed by atoms with Crippen molar-refractivity contribution in [2.45, 2.75) is 25.1 Å². The van der Waals surface area contributed by atoms with Crippen molar-refractivity contribution in [2.24, 2.45) is 4.99 Å². The number of nitrogens with zero attached hydrogens (tertiary/aromatic N) is 1. The number of aliphatic carboxylic acids is 1. The molecule has 1 rings (SSSR count). The number of carboxylic acids is 1. The molecule has 0 saturated carbocycles. The van der Waals surface area contributed by atoms with E-state index in [2.05, 4.69) is 4.99 Å². The molecular formula is C13H12F3NO3. The third-order valence-electron chi connectivity index (χ3n) is 2.44. The summed E-state index contributed by atoms with van der Waals surface area (Å²) in [5.41, 5.74) is 0.694. The van der Waals surface area contributed by atoms with Crippen LogP contribution in [0.4, 0.5) is 13.2 Å². The van der Waals surface area contributed by atoms with Gasteiger partial charge in [-0.1, -0.05) is 30.3 Å². The van der Waals surface area contributed by atoms with E-state index in [4.69, 9.17) is 5.11 Å². The summed E-state index contributed by atoms with van der Waals surface area (Å²) in [6, 6.07) is 7.35. The summed E-state index contributed by atoms with van der Waals surface area (Å²) < 4.78 is 35.9. The van der Waals surface area contributed by atoms with Gasteiger partial charge in [0, 0.05) is 12.6 Å². The second kappa shape index (κ2) is 6.83. The summed E-state index contributed by atoms with van der Waals surface area (Å²) in [5.74, 6) is -3.21. The van der Waals surface area contributed by atoms with Crippen molar-refractivity contribution in [3.8, 4) is 0 Å². The van der Waals surface area contributed by atoms with E-state index < -0.39 is 30.4 Å². The Hall–Kier alpha value is -2.18. The highest BCUT2D eigenvalue weighted by atomic mass is 19.4. The van der Waals surface area contributed by atoms with Crippen LogP contribution in [0, 0.1) is 0 Å². The van der Waals surface area contributed by atoms with Crippen molar-refractivity contribution in [2.75, 3.05) is 0 Å². The molecule has 1 N–H and O–H groups in total. The molecule has 1 atom stereocenters. The van der Waals surface area contributed by atoms with E-state index in [0.717, 1.165) is 0 Å². The third kappa shape index (κ3) is 5.21. The highest BCUT2D eigenvalue weighted by Gasteiger charge is 2.37. The van der Waals surface area contributed by atoms with Crippen molar-refractivity contribution in [1.29, 1.82) is 0 Å². The number of rotatable bonds is 6. The fourth-order valence-electron chi connectivity index (χ4n) is 1.42. The first kappa shape index (κ1) is 15.9. The third-order valence-corrected chi connectivity index (χ3v) is 2.44. The maximum atomic E-state index is 12.0. The van der Waals surface area contributed by atoms with Gasteiger partial charge in [0.15, 0.2) is 6.04 Å². The molecule has 0 aliphatic rings. The molecule has 0 saturated heterocycles. The summed E-state index contributed by atoms with van der Waals surface area (Å²) in [7, 11) is 0. The summed E-state index contributed by atoms with van der Waals surface area (Å²) >= 11 is 0. The summed E-state index contributed by atoms with van der Waals surface area (Å²) in [6.07, 6.45) is -5.13. The minimum atomic E-state index is -4.93. The van der Waals surface area contributed by atoms with Gasteiger partial charge < -0.3 is 5.11 Å². The minimum Gasteiger partial charge on any atom is -0.480 e. The van der Waals surface area contributed by atoms with E-state index >= 15 is 0 Å². The number of aliphatic imine (C=N–C) groups is 1. The SMILES string of the molecule is O=C(O)[C@@H](Cc1ccccc1)N=CCC(=O)C(F)(F)F. The van der Waals surface area contributed by atoms with E-state index in [9.17, 15) is 22.8 Å². The molecule has 7 heteroatoms. The molecule has 0 unspecified atom stereocenters. The molecule has 0 aliphatic heterocycles. The average molecular weight is 287 g/mol. The molecule has 20 heavy (non-hydrogen) atoms. The lowest BCUT2D eigenvalue weighted by atomic mass is 10.1. The minimum absolute atomic E-state index is 0.0485. The fourth-order valence-corrected chi connectivity index (χ4v) is 1.42. The first-order valence-corrected chi connectivity index (χ1v) is 5.69. The summed E-state index contributed by atoms with van der Waals surface area (Å²) in [5, 5.41) is 8.94. The maximum absolute atomic E-state index is 12.0. The second-order valence-corrected chi connectivity index (χ2v) is 4.00. The van der Waals surface area contributed by atoms with Crippen molar-refractivity contribution >= 4 is 18.0 Å².